The van der Waals surface area contributed by atoms with Gasteiger partial charge in [-0.1, -0.05) is 24.3 Å². The number of ether oxygens (including phenoxy) is 2. The molecule has 182 valence electrons. The first-order valence-corrected chi connectivity index (χ1v) is 12.5. The quantitative estimate of drug-likeness (QED) is 0.678. The molecule has 7 nitrogen and oxygen atoms in total. The standard InChI is InChI=1S/C27H36N4O3/c1-22(29-13-16-33-17-14-29)27(32)31-15-18-34-26-8-7-23(19-24(26)21-31)20-28-9-11-30(12-10-28)25-5-3-2-4-6-25/h2-8,19,22H,9-18,20-21H2,1H3/t22-/m1/s1. The molecule has 2 fully saturated rings. The molecule has 0 radical (unpaired) electrons. The highest BCUT2D eigenvalue weighted by atomic mass is 16.5. The van der Waals surface area contributed by atoms with Crippen LogP contribution in [0, 0.1) is 0 Å². The van der Waals surface area contributed by atoms with Gasteiger partial charge in [0.2, 0.25) is 5.91 Å². The van der Waals surface area contributed by atoms with E-state index in [2.05, 4.69) is 63.2 Å². The van der Waals surface area contributed by atoms with Crippen LogP contribution in [-0.2, 0) is 22.6 Å². The summed E-state index contributed by atoms with van der Waals surface area (Å²) >= 11 is 0. The van der Waals surface area contributed by atoms with Crippen LogP contribution < -0.4 is 9.64 Å². The van der Waals surface area contributed by atoms with E-state index in [1.165, 1.54) is 11.3 Å². The zero-order chi connectivity index (χ0) is 23.3. The van der Waals surface area contributed by atoms with E-state index >= 15 is 0 Å². The molecule has 0 saturated carbocycles. The van der Waals surface area contributed by atoms with E-state index in [0.29, 0.717) is 32.9 Å². The van der Waals surface area contributed by atoms with Gasteiger partial charge in [-0.05, 0) is 36.8 Å². The number of amides is 1. The Morgan fingerprint density at radius 1 is 0.912 bits per heavy atom. The molecule has 0 unspecified atom stereocenters. The summed E-state index contributed by atoms with van der Waals surface area (Å²) < 4.78 is 11.5. The number of hydrogen-bond donors (Lipinski definition) is 0. The Kier molecular flexibility index (Phi) is 7.33. The number of nitrogens with zero attached hydrogens (tertiary/aromatic N) is 4. The molecule has 3 aliphatic heterocycles. The Morgan fingerprint density at radius 3 is 2.44 bits per heavy atom. The first-order chi connectivity index (χ1) is 16.7. The van der Waals surface area contributed by atoms with Crippen LogP contribution in [0.15, 0.2) is 48.5 Å². The Balaban J connectivity index is 1.20. The van der Waals surface area contributed by atoms with Gasteiger partial charge in [0.1, 0.15) is 12.4 Å². The summed E-state index contributed by atoms with van der Waals surface area (Å²) in [5.41, 5.74) is 3.70. The van der Waals surface area contributed by atoms with Gasteiger partial charge in [0, 0.05) is 63.6 Å². The second-order valence-electron chi connectivity index (χ2n) is 9.47. The van der Waals surface area contributed by atoms with Crippen molar-refractivity contribution in [3.63, 3.8) is 0 Å². The van der Waals surface area contributed by atoms with Crippen molar-refractivity contribution in [2.45, 2.75) is 26.1 Å². The van der Waals surface area contributed by atoms with Crippen molar-refractivity contribution in [2.24, 2.45) is 0 Å². The van der Waals surface area contributed by atoms with E-state index in [4.69, 9.17) is 9.47 Å². The van der Waals surface area contributed by atoms with Gasteiger partial charge in [0.15, 0.2) is 0 Å². The lowest BCUT2D eigenvalue weighted by Crippen LogP contribution is -2.51. The third-order valence-electron chi connectivity index (χ3n) is 7.27. The van der Waals surface area contributed by atoms with Crippen molar-refractivity contribution in [2.75, 3.05) is 70.5 Å². The monoisotopic (exact) mass is 464 g/mol. The minimum atomic E-state index is -0.130. The van der Waals surface area contributed by atoms with E-state index in [9.17, 15) is 4.79 Å². The molecule has 2 saturated heterocycles. The topological polar surface area (TPSA) is 48.5 Å². The van der Waals surface area contributed by atoms with Crippen molar-refractivity contribution in [1.29, 1.82) is 0 Å². The molecule has 2 aromatic rings. The van der Waals surface area contributed by atoms with Gasteiger partial charge in [-0.2, -0.15) is 0 Å². The van der Waals surface area contributed by atoms with Gasteiger partial charge in [-0.25, -0.2) is 0 Å². The predicted molar refractivity (Wildman–Crippen MR) is 133 cm³/mol. The zero-order valence-corrected chi connectivity index (χ0v) is 20.2. The van der Waals surface area contributed by atoms with Gasteiger partial charge in [-0.3, -0.25) is 14.6 Å². The lowest BCUT2D eigenvalue weighted by atomic mass is 10.1. The van der Waals surface area contributed by atoms with Gasteiger partial charge in [-0.15, -0.1) is 0 Å². The van der Waals surface area contributed by atoms with E-state index in [1.54, 1.807) is 0 Å². The Hall–Kier alpha value is -2.61. The number of morpholine rings is 1. The van der Waals surface area contributed by atoms with E-state index in [1.807, 2.05) is 11.8 Å². The predicted octanol–water partition coefficient (Wildman–Crippen LogP) is 2.45. The van der Waals surface area contributed by atoms with Crippen LogP contribution in [-0.4, -0.2) is 92.3 Å². The SMILES string of the molecule is C[C@H](C(=O)N1CCOc2ccc(CN3CCN(c4ccccc4)CC3)cc2C1)N1CCOCC1. The smallest absolute Gasteiger partial charge is 0.240 e. The lowest BCUT2D eigenvalue weighted by molar-refractivity contribution is -0.138. The third kappa shape index (κ3) is 5.37. The maximum Gasteiger partial charge on any atom is 0.240 e. The van der Waals surface area contributed by atoms with Gasteiger partial charge >= 0.3 is 0 Å². The van der Waals surface area contributed by atoms with Gasteiger partial charge in [0.25, 0.3) is 0 Å². The number of hydrogen-bond acceptors (Lipinski definition) is 6. The molecule has 0 bridgehead atoms. The number of fused-ring (bicyclic) bond motifs is 1. The molecule has 0 aromatic heterocycles. The number of carbonyl (C=O) groups excluding carboxylic acids is 1. The van der Waals surface area contributed by atoms with Crippen LogP contribution in [0.1, 0.15) is 18.1 Å². The molecule has 0 aliphatic carbocycles. The molecule has 3 heterocycles. The first kappa shape index (κ1) is 23.1. The molecule has 1 amide bonds. The molecule has 7 heteroatoms. The Labute approximate surface area is 202 Å². The van der Waals surface area contributed by atoms with Crippen LogP contribution >= 0.6 is 0 Å². The van der Waals surface area contributed by atoms with Gasteiger partial charge < -0.3 is 19.3 Å². The van der Waals surface area contributed by atoms with Crippen LogP contribution in [0.4, 0.5) is 5.69 Å². The van der Waals surface area contributed by atoms with E-state index < -0.39 is 0 Å². The summed E-state index contributed by atoms with van der Waals surface area (Å²) in [4.78, 5) is 22.5. The van der Waals surface area contributed by atoms with Crippen molar-refractivity contribution < 1.29 is 14.3 Å². The number of rotatable bonds is 5. The second kappa shape index (κ2) is 10.8. The van der Waals surface area contributed by atoms with Crippen LogP contribution in [0.5, 0.6) is 5.75 Å². The van der Waals surface area contributed by atoms with E-state index in [0.717, 1.165) is 57.1 Å². The highest BCUT2D eigenvalue weighted by Crippen LogP contribution is 2.26. The Morgan fingerprint density at radius 2 is 1.68 bits per heavy atom. The van der Waals surface area contributed by atoms with Crippen LogP contribution in [0.2, 0.25) is 0 Å². The van der Waals surface area contributed by atoms with Crippen molar-refractivity contribution in [1.82, 2.24) is 14.7 Å². The number of carbonyl (C=O) groups is 1. The highest BCUT2D eigenvalue weighted by molar-refractivity contribution is 5.81. The maximum atomic E-state index is 13.3. The summed E-state index contributed by atoms with van der Waals surface area (Å²) in [7, 11) is 0. The molecule has 3 aliphatic rings. The average molecular weight is 465 g/mol. The number of para-hydroxylation sites is 1. The molecular weight excluding hydrogens is 428 g/mol. The molecule has 34 heavy (non-hydrogen) atoms. The molecule has 5 rings (SSSR count). The van der Waals surface area contributed by atoms with E-state index in [-0.39, 0.29) is 11.9 Å². The highest BCUT2D eigenvalue weighted by Gasteiger charge is 2.29. The molecule has 0 spiro atoms. The normalized spacial score (nSPS) is 20.9. The summed E-state index contributed by atoms with van der Waals surface area (Å²) in [6.45, 7) is 11.9. The summed E-state index contributed by atoms with van der Waals surface area (Å²) in [5.74, 6) is 1.09. The summed E-state index contributed by atoms with van der Waals surface area (Å²) in [6.07, 6.45) is 0. The lowest BCUT2D eigenvalue weighted by Gasteiger charge is -2.36. The minimum absolute atomic E-state index is 0.130. The van der Waals surface area contributed by atoms with Crippen LogP contribution in [0.25, 0.3) is 0 Å². The molecule has 2 aromatic carbocycles. The van der Waals surface area contributed by atoms with Crippen molar-refractivity contribution in [3.8, 4) is 5.75 Å². The largest absolute Gasteiger partial charge is 0.491 e. The molecule has 0 N–H and O–H groups in total. The number of piperazine rings is 1. The van der Waals surface area contributed by atoms with Crippen molar-refractivity contribution in [3.05, 3.63) is 59.7 Å². The fraction of sp³-hybridized carbons (Fsp3) is 0.519. The average Bonchev–Trinajstić information content (AvgIpc) is 3.11. The minimum Gasteiger partial charge on any atom is -0.491 e. The number of anilines is 1. The van der Waals surface area contributed by atoms with Gasteiger partial charge in [0.05, 0.1) is 25.8 Å². The fourth-order valence-corrected chi connectivity index (χ4v) is 5.18. The first-order valence-electron chi connectivity index (χ1n) is 12.5. The second-order valence-corrected chi connectivity index (χ2v) is 9.47. The van der Waals surface area contributed by atoms with Crippen molar-refractivity contribution >= 4 is 11.6 Å². The zero-order valence-electron chi connectivity index (χ0n) is 20.2. The third-order valence-corrected chi connectivity index (χ3v) is 7.27. The Bertz CT molecular complexity index is 956. The molecular formula is C27H36N4O3. The molecule has 1 atom stereocenters. The fourth-order valence-electron chi connectivity index (χ4n) is 5.18. The number of benzene rings is 2. The summed E-state index contributed by atoms with van der Waals surface area (Å²) in [5, 5.41) is 0. The van der Waals surface area contributed by atoms with Crippen LogP contribution in [0.3, 0.4) is 0 Å². The maximum absolute atomic E-state index is 13.3. The summed E-state index contributed by atoms with van der Waals surface area (Å²) in [6, 6.07) is 17.0.